The molecule has 1 fully saturated rings. The van der Waals surface area contributed by atoms with Gasteiger partial charge in [-0.1, -0.05) is 6.42 Å². The van der Waals surface area contributed by atoms with E-state index in [0.717, 1.165) is 5.92 Å². The lowest BCUT2D eigenvalue weighted by Gasteiger charge is -2.22. The summed E-state index contributed by atoms with van der Waals surface area (Å²) in [4.78, 5) is 0. The Morgan fingerprint density at radius 3 is 3.00 bits per heavy atom. The van der Waals surface area contributed by atoms with Crippen LogP contribution in [0.1, 0.15) is 32.1 Å². The number of nitrogens with one attached hydrogen (secondary N) is 2. The predicted octanol–water partition coefficient (Wildman–Crippen LogP) is 1.38. The summed E-state index contributed by atoms with van der Waals surface area (Å²) in [6.45, 7) is 3.69. The van der Waals surface area contributed by atoms with Crippen molar-refractivity contribution in [2.45, 2.75) is 32.1 Å². The zero-order valence-electron chi connectivity index (χ0n) is 8.23. The van der Waals surface area contributed by atoms with E-state index in [4.69, 9.17) is 0 Å². The molecule has 1 saturated heterocycles. The molecule has 0 aromatic carbocycles. The number of hydrogen-bond donors (Lipinski definition) is 2. The Labute approximate surface area is 76.1 Å². The molecule has 0 aromatic rings. The fraction of sp³-hybridized carbons (Fsp3) is 1.00. The highest BCUT2D eigenvalue weighted by molar-refractivity contribution is 4.68. The molecule has 12 heavy (non-hydrogen) atoms. The van der Waals surface area contributed by atoms with E-state index in [1.807, 2.05) is 7.05 Å². The molecule has 2 nitrogen and oxygen atoms in total. The Balaban J connectivity index is 1.91. The molecule has 0 unspecified atom stereocenters. The molecule has 0 saturated carbocycles. The second-order valence-electron chi connectivity index (χ2n) is 3.81. The minimum Gasteiger partial charge on any atom is -0.320 e. The smallest absolute Gasteiger partial charge is 0.00205 e. The van der Waals surface area contributed by atoms with Gasteiger partial charge in [-0.25, -0.2) is 0 Å². The maximum Gasteiger partial charge on any atom is -0.00205 e. The van der Waals surface area contributed by atoms with E-state index in [1.165, 1.54) is 51.7 Å². The molecular formula is C10H22N2. The normalized spacial score (nSPS) is 24.2. The topological polar surface area (TPSA) is 24.1 Å². The molecule has 1 heterocycles. The summed E-state index contributed by atoms with van der Waals surface area (Å²) in [5.74, 6) is 0.968. The van der Waals surface area contributed by atoms with Crippen LogP contribution in [0.3, 0.4) is 0 Å². The first-order valence-corrected chi connectivity index (χ1v) is 5.29. The zero-order valence-corrected chi connectivity index (χ0v) is 8.23. The van der Waals surface area contributed by atoms with Crippen LogP contribution in [0.2, 0.25) is 0 Å². The summed E-state index contributed by atoms with van der Waals surface area (Å²) in [5.41, 5.74) is 0. The molecule has 72 valence electrons. The third-order valence-electron chi connectivity index (χ3n) is 2.69. The summed E-state index contributed by atoms with van der Waals surface area (Å²) < 4.78 is 0. The summed E-state index contributed by atoms with van der Waals surface area (Å²) in [5, 5.41) is 6.65. The Bertz CT molecular complexity index is 98.0. The number of unbranched alkanes of at least 4 members (excludes halogenated alkanes) is 1. The van der Waals surface area contributed by atoms with Crippen LogP contribution in [0, 0.1) is 5.92 Å². The monoisotopic (exact) mass is 170 g/mol. The van der Waals surface area contributed by atoms with Crippen LogP contribution in [-0.4, -0.2) is 26.7 Å². The lowest BCUT2D eigenvalue weighted by molar-refractivity contribution is 0.347. The summed E-state index contributed by atoms with van der Waals surface area (Å²) >= 11 is 0. The van der Waals surface area contributed by atoms with Crippen molar-refractivity contribution in [2.24, 2.45) is 5.92 Å². The Morgan fingerprint density at radius 1 is 1.42 bits per heavy atom. The van der Waals surface area contributed by atoms with E-state index < -0.39 is 0 Å². The number of rotatable bonds is 5. The van der Waals surface area contributed by atoms with Crippen LogP contribution in [0.4, 0.5) is 0 Å². The highest BCUT2D eigenvalue weighted by atomic mass is 14.9. The van der Waals surface area contributed by atoms with Gasteiger partial charge in [-0.2, -0.15) is 0 Å². The van der Waals surface area contributed by atoms with E-state index in [1.54, 1.807) is 0 Å². The van der Waals surface area contributed by atoms with E-state index >= 15 is 0 Å². The van der Waals surface area contributed by atoms with Crippen molar-refractivity contribution in [1.29, 1.82) is 0 Å². The fourth-order valence-electron chi connectivity index (χ4n) is 1.91. The van der Waals surface area contributed by atoms with Crippen LogP contribution >= 0.6 is 0 Å². The lowest BCUT2D eigenvalue weighted by atomic mass is 9.94. The molecule has 0 aromatic heterocycles. The van der Waals surface area contributed by atoms with Crippen LogP contribution in [-0.2, 0) is 0 Å². The third-order valence-corrected chi connectivity index (χ3v) is 2.69. The molecule has 0 spiro atoms. The van der Waals surface area contributed by atoms with Gasteiger partial charge in [0, 0.05) is 0 Å². The van der Waals surface area contributed by atoms with Gasteiger partial charge in [0.2, 0.25) is 0 Å². The predicted molar refractivity (Wildman–Crippen MR) is 53.4 cm³/mol. The maximum absolute atomic E-state index is 3.46. The van der Waals surface area contributed by atoms with Crippen LogP contribution < -0.4 is 10.6 Å². The maximum atomic E-state index is 3.46. The standard InChI is InChI=1S/C10H22N2/c1-11-7-3-2-5-10-6-4-8-12-9-10/h10-12H,2-9H2,1H3/t10-/m0/s1. The Hall–Kier alpha value is -0.0800. The van der Waals surface area contributed by atoms with Crippen molar-refractivity contribution in [3.8, 4) is 0 Å². The molecule has 0 amide bonds. The average Bonchev–Trinajstić information content (AvgIpc) is 2.14. The SMILES string of the molecule is CNCCCC[C@H]1CCCNC1. The van der Waals surface area contributed by atoms with Crippen molar-refractivity contribution in [3.63, 3.8) is 0 Å². The third kappa shape index (κ3) is 4.07. The van der Waals surface area contributed by atoms with E-state index in [2.05, 4.69) is 10.6 Å². The molecule has 1 aliphatic heterocycles. The van der Waals surface area contributed by atoms with E-state index in [0.29, 0.717) is 0 Å². The summed E-state index contributed by atoms with van der Waals surface area (Å²) in [7, 11) is 2.03. The molecule has 0 bridgehead atoms. The molecule has 2 N–H and O–H groups in total. The van der Waals surface area contributed by atoms with Crippen molar-refractivity contribution in [1.82, 2.24) is 10.6 Å². The van der Waals surface area contributed by atoms with Crippen LogP contribution in [0.25, 0.3) is 0 Å². The first-order chi connectivity index (χ1) is 5.93. The molecule has 2 heteroatoms. The Morgan fingerprint density at radius 2 is 2.33 bits per heavy atom. The van der Waals surface area contributed by atoms with Crippen molar-refractivity contribution in [3.05, 3.63) is 0 Å². The molecular weight excluding hydrogens is 148 g/mol. The first-order valence-electron chi connectivity index (χ1n) is 5.29. The largest absolute Gasteiger partial charge is 0.320 e. The molecule has 0 radical (unpaired) electrons. The quantitative estimate of drug-likeness (QED) is 0.609. The summed E-state index contributed by atoms with van der Waals surface area (Å²) in [6, 6.07) is 0. The lowest BCUT2D eigenvalue weighted by Crippen LogP contribution is -2.29. The van der Waals surface area contributed by atoms with E-state index in [9.17, 15) is 0 Å². The van der Waals surface area contributed by atoms with Gasteiger partial charge < -0.3 is 10.6 Å². The second kappa shape index (κ2) is 6.44. The highest BCUT2D eigenvalue weighted by Crippen LogP contribution is 2.16. The highest BCUT2D eigenvalue weighted by Gasteiger charge is 2.11. The van der Waals surface area contributed by atoms with Gasteiger partial charge in [0.25, 0.3) is 0 Å². The number of piperidine rings is 1. The fourth-order valence-corrected chi connectivity index (χ4v) is 1.91. The minimum atomic E-state index is 0.968. The number of hydrogen-bond acceptors (Lipinski definition) is 2. The Kier molecular flexibility index (Phi) is 5.37. The van der Waals surface area contributed by atoms with Crippen molar-refractivity contribution >= 4 is 0 Å². The van der Waals surface area contributed by atoms with Gasteiger partial charge in [0.05, 0.1) is 0 Å². The van der Waals surface area contributed by atoms with Gasteiger partial charge in [-0.3, -0.25) is 0 Å². The van der Waals surface area contributed by atoms with Crippen molar-refractivity contribution in [2.75, 3.05) is 26.7 Å². The van der Waals surface area contributed by atoms with Crippen LogP contribution in [0.5, 0.6) is 0 Å². The second-order valence-corrected chi connectivity index (χ2v) is 3.81. The molecule has 1 rings (SSSR count). The molecule has 1 aliphatic rings. The minimum absolute atomic E-state index is 0.968. The molecule has 1 atom stereocenters. The zero-order chi connectivity index (χ0) is 8.65. The first kappa shape index (κ1) is 10.0. The van der Waals surface area contributed by atoms with Gasteiger partial charge in [-0.15, -0.1) is 0 Å². The molecule has 0 aliphatic carbocycles. The van der Waals surface area contributed by atoms with E-state index in [-0.39, 0.29) is 0 Å². The van der Waals surface area contributed by atoms with Gasteiger partial charge in [-0.05, 0) is 58.3 Å². The summed E-state index contributed by atoms with van der Waals surface area (Å²) in [6.07, 6.45) is 7.00. The average molecular weight is 170 g/mol. The van der Waals surface area contributed by atoms with Crippen molar-refractivity contribution < 1.29 is 0 Å². The van der Waals surface area contributed by atoms with Gasteiger partial charge in [0.15, 0.2) is 0 Å². The van der Waals surface area contributed by atoms with Gasteiger partial charge >= 0.3 is 0 Å². The van der Waals surface area contributed by atoms with Gasteiger partial charge in [0.1, 0.15) is 0 Å². The van der Waals surface area contributed by atoms with Crippen LogP contribution in [0.15, 0.2) is 0 Å².